The first kappa shape index (κ1) is 12.7. The van der Waals surface area contributed by atoms with Crippen LogP contribution in [0.2, 0.25) is 0 Å². The lowest BCUT2D eigenvalue weighted by Gasteiger charge is -2.24. The predicted octanol–water partition coefficient (Wildman–Crippen LogP) is 3.42. The highest BCUT2D eigenvalue weighted by atomic mass is 19.1. The first-order valence-corrected chi connectivity index (χ1v) is 5.71. The SMILES string of the molecule is CC(O)(Cc1ccc(F)cc1)c1ccccc1F. The second kappa shape index (κ2) is 4.86. The van der Waals surface area contributed by atoms with Crippen LogP contribution in [0, 0.1) is 11.6 Å². The van der Waals surface area contributed by atoms with Gasteiger partial charge in [0.25, 0.3) is 0 Å². The van der Waals surface area contributed by atoms with E-state index in [1.165, 1.54) is 18.2 Å². The minimum atomic E-state index is -1.32. The normalized spacial score (nSPS) is 14.2. The number of hydrogen-bond acceptors (Lipinski definition) is 1. The zero-order chi connectivity index (χ0) is 13.2. The molecule has 3 heteroatoms. The minimum absolute atomic E-state index is 0.230. The number of aliphatic hydroxyl groups is 1. The van der Waals surface area contributed by atoms with Crippen LogP contribution < -0.4 is 0 Å². The van der Waals surface area contributed by atoms with Crippen LogP contribution in [-0.2, 0) is 12.0 Å². The summed E-state index contributed by atoms with van der Waals surface area (Å²) in [6.07, 6.45) is 0.230. The lowest BCUT2D eigenvalue weighted by atomic mass is 9.89. The van der Waals surface area contributed by atoms with E-state index in [-0.39, 0.29) is 17.8 Å². The molecule has 0 aliphatic heterocycles. The van der Waals surface area contributed by atoms with Crippen molar-refractivity contribution in [1.29, 1.82) is 0 Å². The predicted molar refractivity (Wildman–Crippen MR) is 66.1 cm³/mol. The molecule has 1 N–H and O–H groups in total. The van der Waals surface area contributed by atoms with Crippen LogP contribution >= 0.6 is 0 Å². The first-order chi connectivity index (χ1) is 8.49. The van der Waals surface area contributed by atoms with Gasteiger partial charge in [0.2, 0.25) is 0 Å². The van der Waals surface area contributed by atoms with Gasteiger partial charge in [-0.1, -0.05) is 30.3 Å². The molecule has 1 atom stereocenters. The van der Waals surface area contributed by atoms with Crippen molar-refractivity contribution in [2.75, 3.05) is 0 Å². The van der Waals surface area contributed by atoms with Crippen LogP contribution in [0.5, 0.6) is 0 Å². The number of hydrogen-bond donors (Lipinski definition) is 1. The van der Waals surface area contributed by atoms with E-state index in [1.54, 1.807) is 37.3 Å². The zero-order valence-electron chi connectivity index (χ0n) is 10.0. The number of rotatable bonds is 3. The molecule has 1 unspecified atom stereocenters. The molecule has 2 aromatic rings. The van der Waals surface area contributed by atoms with Gasteiger partial charge in [-0.3, -0.25) is 0 Å². The maximum atomic E-state index is 13.6. The molecular formula is C15H14F2O. The Morgan fingerprint density at radius 3 is 2.22 bits per heavy atom. The average Bonchev–Trinajstić information content (AvgIpc) is 2.32. The Morgan fingerprint density at radius 1 is 1.00 bits per heavy atom. The highest BCUT2D eigenvalue weighted by Crippen LogP contribution is 2.27. The van der Waals surface area contributed by atoms with Gasteiger partial charge in [0.05, 0.1) is 5.60 Å². The molecule has 0 bridgehead atoms. The van der Waals surface area contributed by atoms with Crippen LogP contribution in [-0.4, -0.2) is 5.11 Å². The van der Waals surface area contributed by atoms with Crippen molar-refractivity contribution in [2.45, 2.75) is 18.9 Å². The van der Waals surface area contributed by atoms with Gasteiger partial charge in [-0.25, -0.2) is 8.78 Å². The summed E-state index contributed by atoms with van der Waals surface area (Å²) in [6, 6.07) is 12.0. The van der Waals surface area contributed by atoms with Gasteiger partial charge < -0.3 is 5.11 Å². The van der Waals surface area contributed by atoms with Crippen LogP contribution in [0.25, 0.3) is 0 Å². The third-order valence-corrected chi connectivity index (χ3v) is 2.92. The topological polar surface area (TPSA) is 20.2 Å². The largest absolute Gasteiger partial charge is 0.385 e. The lowest BCUT2D eigenvalue weighted by molar-refractivity contribution is 0.0538. The smallest absolute Gasteiger partial charge is 0.129 e. The zero-order valence-corrected chi connectivity index (χ0v) is 10.0. The van der Waals surface area contributed by atoms with E-state index in [2.05, 4.69) is 0 Å². The van der Waals surface area contributed by atoms with E-state index < -0.39 is 11.4 Å². The van der Waals surface area contributed by atoms with Crippen molar-refractivity contribution in [3.63, 3.8) is 0 Å². The molecule has 0 aromatic heterocycles. The van der Waals surface area contributed by atoms with Crippen molar-refractivity contribution in [3.05, 3.63) is 71.3 Å². The van der Waals surface area contributed by atoms with Crippen LogP contribution in [0.1, 0.15) is 18.1 Å². The highest BCUT2D eigenvalue weighted by Gasteiger charge is 2.26. The summed E-state index contributed by atoms with van der Waals surface area (Å²) in [5, 5.41) is 10.4. The summed E-state index contributed by atoms with van der Waals surface area (Å²) < 4.78 is 26.4. The van der Waals surface area contributed by atoms with E-state index in [0.717, 1.165) is 5.56 Å². The molecule has 0 heterocycles. The third kappa shape index (κ3) is 2.74. The Morgan fingerprint density at radius 2 is 1.61 bits per heavy atom. The molecule has 0 radical (unpaired) electrons. The van der Waals surface area contributed by atoms with Gasteiger partial charge in [0.1, 0.15) is 11.6 Å². The monoisotopic (exact) mass is 248 g/mol. The molecule has 2 rings (SSSR count). The summed E-state index contributed by atoms with van der Waals surface area (Å²) in [4.78, 5) is 0. The van der Waals surface area contributed by atoms with Crippen molar-refractivity contribution in [2.24, 2.45) is 0 Å². The Balaban J connectivity index is 2.27. The molecular weight excluding hydrogens is 234 g/mol. The van der Waals surface area contributed by atoms with Crippen LogP contribution in [0.15, 0.2) is 48.5 Å². The standard InChI is InChI=1S/C15H14F2O/c1-15(18,13-4-2-3-5-14(13)17)10-11-6-8-12(16)9-7-11/h2-9,18H,10H2,1H3. The molecule has 0 spiro atoms. The fraction of sp³-hybridized carbons (Fsp3) is 0.200. The van der Waals surface area contributed by atoms with E-state index in [9.17, 15) is 13.9 Å². The summed E-state index contributed by atoms with van der Waals surface area (Å²) in [6.45, 7) is 1.55. The second-order valence-corrected chi connectivity index (χ2v) is 4.56. The van der Waals surface area contributed by atoms with Crippen molar-refractivity contribution >= 4 is 0 Å². The second-order valence-electron chi connectivity index (χ2n) is 4.56. The molecule has 18 heavy (non-hydrogen) atoms. The Bertz CT molecular complexity index is 532. The molecule has 0 amide bonds. The van der Waals surface area contributed by atoms with E-state index >= 15 is 0 Å². The van der Waals surface area contributed by atoms with Crippen LogP contribution in [0.3, 0.4) is 0 Å². The Labute approximate surface area is 105 Å². The van der Waals surface area contributed by atoms with E-state index in [4.69, 9.17) is 0 Å². The Kier molecular flexibility index (Phi) is 3.43. The maximum absolute atomic E-state index is 13.6. The van der Waals surface area contributed by atoms with Gasteiger partial charge in [-0.05, 0) is 30.7 Å². The molecule has 0 saturated carbocycles. The minimum Gasteiger partial charge on any atom is -0.385 e. The molecule has 0 aliphatic carbocycles. The first-order valence-electron chi connectivity index (χ1n) is 5.71. The number of halogens is 2. The van der Waals surface area contributed by atoms with Crippen molar-refractivity contribution in [3.8, 4) is 0 Å². The van der Waals surface area contributed by atoms with E-state index in [0.29, 0.717) is 0 Å². The van der Waals surface area contributed by atoms with E-state index in [1.807, 2.05) is 0 Å². The average molecular weight is 248 g/mol. The fourth-order valence-corrected chi connectivity index (χ4v) is 1.99. The quantitative estimate of drug-likeness (QED) is 0.882. The van der Waals surface area contributed by atoms with Gasteiger partial charge in [0.15, 0.2) is 0 Å². The molecule has 1 nitrogen and oxygen atoms in total. The Hall–Kier alpha value is -1.74. The van der Waals surface area contributed by atoms with Crippen molar-refractivity contribution < 1.29 is 13.9 Å². The van der Waals surface area contributed by atoms with Gasteiger partial charge in [0, 0.05) is 12.0 Å². The van der Waals surface area contributed by atoms with Gasteiger partial charge in [-0.15, -0.1) is 0 Å². The fourth-order valence-electron chi connectivity index (χ4n) is 1.99. The molecule has 0 saturated heterocycles. The molecule has 0 aliphatic rings. The summed E-state index contributed by atoms with van der Waals surface area (Å²) in [7, 11) is 0. The lowest BCUT2D eigenvalue weighted by Crippen LogP contribution is -2.25. The number of benzene rings is 2. The van der Waals surface area contributed by atoms with Gasteiger partial charge in [-0.2, -0.15) is 0 Å². The summed E-state index contributed by atoms with van der Waals surface area (Å²) in [5.41, 5.74) is -0.317. The summed E-state index contributed by atoms with van der Waals surface area (Å²) in [5.74, 6) is -0.770. The highest BCUT2D eigenvalue weighted by molar-refractivity contribution is 5.27. The van der Waals surface area contributed by atoms with Gasteiger partial charge >= 0.3 is 0 Å². The van der Waals surface area contributed by atoms with Crippen molar-refractivity contribution in [1.82, 2.24) is 0 Å². The molecule has 0 fully saturated rings. The molecule has 2 aromatic carbocycles. The molecule has 94 valence electrons. The summed E-state index contributed by atoms with van der Waals surface area (Å²) >= 11 is 0. The van der Waals surface area contributed by atoms with Crippen LogP contribution in [0.4, 0.5) is 8.78 Å². The maximum Gasteiger partial charge on any atom is 0.129 e. The third-order valence-electron chi connectivity index (χ3n) is 2.92.